The Bertz CT molecular complexity index is 715. The number of carbonyl (C=O) groups is 1. The smallest absolute Gasteiger partial charge is 0.303 e. The molecule has 0 aromatic heterocycles. The number of aliphatic carboxylic acids is 1. The summed E-state index contributed by atoms with van der Waals surface area (Å²) in [5.41, 5.74) is 2.39. The topological polar surface area (TPSA) is 43.8 Å². The van der Waals surface area contributed by atoms with Crippen LogP contribution >= 0.6 is 11.6 Å². The lowest BCUT2D eigenvalue weighted by Gasteiger charge is -2.40. The van der Waals surface area contributed by atoms with Crippen molar-refractivity contribution in [2.75, 3.05) is 32.7 Å². The van der Waals surface area contributed by atoms with Crippen molar-refractivity contribution in [1.82, 2.24) is 9.80 Å². The number of hydrogen-bond acceptors (Lipinski definition) is 3. The summed E-state index contributed by atoms with van der Waals surface area (Å²) in [6, 6.07) is 18.7. The van der Waals surface area contributed by atoms with Gasteiger partial charge in [-0.15, -0.1) is 0 Å². The zero-order valence-corrected chi connectivity index (χ0v) is 15.6. The third-order valence-electron chi connectivity index (χ3n) is 4.95. The van der Waals surface area contributed by atoms with E-state index < -0.39 is 5.97 Å². The Kier molecular flexibility index (Phi) is 6.67. The van der Waals surface area contributed by atoms with Gasteiger partial charge in [0.15, 0.2) is 0 Å². The van der Waals surface area contributed by atoms with Gasteiger partial charge in [-0.1, -0.05) is 60.1 Å². The Morgan fingerprint density at radius 2 is 1.65 bits per heavy atom. The van der Waals surface area contributed by atoms with Crippen LogP contribution in [-0.2, 0) is 4.79 Å². The molecule has 138 valence electrons. The molecule has 2 aromatic rings. The molecule has 1 N–H and O–H groups in total. The highest BCUT2D eigenvalue weighted by molar-refractivity contribution is 6.31. The Morgan fingerprint density at radius 3 is 2.31 bits per heavy atom. The number of rotatable bonds is 7. The number of nitrogens with zero attached hydrogens (tertiary/aromatic N) is 2. The summed E-state index contributed by atoms with van der Waals surface area (Å²) in [5, 5.41) is 9.59. The minimum Gasteiger partial charge on any atom is -0.481 e. The number of piperazine rings is 1. The van der Waals surface area contributed by atoms with E-state index in [1.807, 2.05) is 24.3 Å². The number of hydrogen-bond donors (Lipinski definition) is 1. The molecular weight excluding hydrogens is 348 g/mol. The summed E-state index contributed by atoms with van der Waals surface area (Å²) in [6.45, 7) is 4.64. The standard InChI is InChI=1S/C21H25ClN2O2/c22-19-10-5-4-9-18(19)21(17-7-2-1-3-8-17)24-15-13-23(14-16-24)12-6-11-20(25)26/h1-5,7-10,21H,6,11-16H2,(H,25,26)/t21-/m0/s1. The first kappa shape index (κ1) is 18.9. The van der Waals surface area contributed by atoms with Gasteiger partial charge in [0, 0.05) is 37.6 Å². The number of benzene rings is 2. The molecule has 4 nitrogen and oxygen atoms in total. The Balaban J connectivity index is 1.71. The quantitative estimate of drug-likeness (QED) is 0.800. The highest BCUT2D eigenvalue weighted by Gasteiger charge is 2.27. The summed E-state index contributed by atoms with van der Waals surface area (Å²) >= 11 is 6.52. The van der Waals surface area contributed by atoms with E-state index in [9.17, 15) is 4.79 Å². The fourth-order valence-electron chi connectivity index (χ4n) is 3.62. The predicted octanol–water partition coefficient (Wildman–Crippen LogP) is 3.91. The highest BCUT2D eigenvalue weighted by Crippen LogP contribution is 2.33. The van der Waals surface area contributed by atoms with Crippen molar-refractivity contribution in [2.45, 2.75) is 18.9 Å². The first-order valence-corrected chi connectivity index (χ1v) is 9.50. The van der Waals surface area contributed by atoms with Gasteiger partial charge in [0.25, 0.3) is 0 Å². The lowest BCUT2D eigenvalue weighted by molar-refractivity contribution is -0.137. The van der Waals surface area contributed by atoms with E-state index in [1.165, 1.54) is 5.56 Å². The normalized spacial score (nSPS) is 17.1. The van der Waals surface area contributed by atoms with Crippen LogP contribution in [0.2, 0.25) is 5.02 Å². The van der Waals surface area contributed by atoms with E-state index in [4.69, 9.17) is 16.7 Å². The van der Waals surface area contributed by atoms with Crippen molar-refractivity contribution in [3.05, 3.63) is 70.7 Å². The van der Waals surface area contributed by atoms with Crippen LogP contribution in [-0.4, -0.2) is 53.6 Å². The number of halogens is 1. The summed E-state index contributed by atoms with van der Waals surface area (Å²) in [4.78, 5) is 15.5. The van der Waals surface area contributed by atoms with Crippen molar-refractivity contribution in [3.63, 3.8) is 0 Å². The summed E-state index contributed by atoms with van der Waals surface area (Å²) in [6.07, 6.45) is 0.953. The monoisotopic (exact) mass is 372 g/mol. The second kappa shape index (κ2) is 9.17. The molecule has 2 aromatic carbocycles. The zero-order valence-electron chi connectivity index (χ0n) is 14.9. The highest BCUT2D eigenvalue weighted by atomic mass is 35.5. The third-order valence-corrected chi connectivity index (χ3v) is 5.30. The lowest BCUT2D eigenvalue weighted by atomic mass is 9.96. The van der Waals surface area contributed by atoms with Crippen LogP contribution in [0.4, 0.5) is 0 Å². The van der Waals surface area contributed by atoms with Gasteiger partial charge in [-0.05, 0) is 30.2 Å². The molecule has 3 rings (SSSR count). The molecule has 1 aliphatic heterocycles. The molecule has 0 amide bonds. The molecule has 0 unspecified atom stereocenters. The van der Waals surface area contributed by atoms with Crippen LogP contribution in [0.25, 0.3) is 0 Å². The van der Waals surface area contributed by atoms with E-state index in [0.717, 1.165) is 43.3 Å². The minimum absolute atomic E-state index is 0.145. The maximum atomic E-state index is 10.7. The van der Waals surface area contributed by atoms with Gasteiger partial charge in [-0.25, -0.2) is 0 Å². The molecule has 1 aliphatic rings. The minimum atomic E-state index is -0.716. The van der Waals surface area contributed by atoms with Gasteiger partial charge >= 0.3 is 5.97 Å². The fraction of sp³-hybridized carbons (Fsp3) is 0.381. The van der Waals surface area contributed by atoms with Crippen LogP contribution in [0, 0.1) is 0 Å². The van der Waals surface area contributed by atoms with Gasteiger partial charge in [0.2, 0.25) is 0 Å². The van der Waals surface area contributed by atoms with Crippen LogP contribution < -0.4 is 0 Å². The maximum Gasteiger partial charge on any atom is 0.303 e. The van der Waals surface area contributed by atoms with E-state index in [2.05, 4.69) is 40.1 Å². The maximum absolute atomic E-state index is 10.7. The molecule has 0 aliphatic carbocycles. The lowest BCUT2D eigenvalue weighted by Crippen LogP contribution is -2.48. The summed E-state index contributed by atoms with van der Waals surface area (Å²) < 4.78 is 0. The number of carboxylic acid groups (broad SMARTS) is 1. The van der Waals surface area contributed by atoms with Gasteiger partial charge in [-0.2, -0.15) is 0 Å². The molecule has 5 heteroatoms. The van der Waals surface area contributed by atoms with Gasteiger partial charge in [-0.3, -0.25) is 9.69 Å². The average Bonchev–Trinajstić information content (AvgIpc) is 2.65. The van der Waals surface area contributed by atoms with Crippen LogP contribution in [0.1, 0.15) is 30.0 Å². The van der Waals surface area contributed by atoms with Gasteiger partial charge < -0.3 is 10.0 Å². The molecule has 1 saturated heterocycles. The summed E-state index contributed by atoms with van der Waals surface area (Å²) in [7, 11) is 0. The van der Waals surface area contributed by atoms with Crippen LogP contribution in [0.5, 0.6) is 0 Å². The Labute approximate surface area is 160 Å². The van der Waals surface area contributed by atoms with E-state index >= 15 is 0 Å². The molecular formula is C21H25ClN2O2. The molecule has 0 bridgehead atoms. The summed E-state index contributed by atoms with van der Waals surface area (Å²) in [5.74, 6) is -0.716. The first-order valence-electron chi connectivity index (χ1n) is 9.12. The Morgan fingerprint density at radius 1 is 1.00 bits per heavy atom. The van der Waals surface area contributed by atoms with E-state index in [1.54, 1.807) is 0 Å². The molecule has 1 atom stereocenters. The van der Waals surface area contributed by atoms with Crippen molar-refractivity contribution >= 4 is 17.6 Å². The van der Waals surface area contributed by atoms with E-state index in [0.29, 0.717) is 6.42 Å². The van der Waals surface area contributed by atoms with Crippen LogP contribution in [0.3, 0.4) is 0 Å². The molecule has 1 heterocycles. The van der Waals surface area contributed by atoms with Crippen molar-refractivity contribution in [2.24, 2.45) is 0 Å². The molecule has 0 saturated carbocycles. The van der Waals surface area contributed by atoms with Crippen molar-refractivity contribution in [1.29, 1.82) is 0 Å². The Hall–Kier alpha value is -1.88. The average molecular weight is 373 g/mol. The van der Waals surface area contributed by atoms with E-state index in [-0.39, 0.29) is 12.5 Å². The van der Waals surface area contributed by atoms with Crippen LogP contribution in [0.15, 0.2) is 54.6 Å². The SMILES string of the molecule is O=C(O)CCCN1CCN([C@@H](c2ccccc2)c2ccccc2Cl)CC1. The molecule has 0 radical (unpaired) electrons. The predicted molar refractivity (Wildman–Crippen MR) is 105 cm³/mol. The fourth-order valence-corrected chi connectivity index (χ4v) is 3.86. The first-order chi connectivity index (χ1) is 12.6. The molecule has 0 spiro atoms. The largest absolute Gasteiger partial charge is 0.481 e. The van der Waals surface area contributed by atoms with Gasteiger partial charge in [0.05, 0.1) is 6.04 Å². The second-order valence-electron chi connectivity index (χ2n) is 6.71. The van der Waals surface area contributed by atoms with Gasteiger partial charge in [0.1, 0.15) is 0 Å². The van der Waals surface area contributed by atoms with Crippen molar-refractivity contribution < 1.29 is 9.90 Å². The zero-order chi connectivity index (χ0) is 18.4. The second-order valence-corrected chi connectivity index (χ2v) is 7.12. The van der Waals surface area contributed by atoms with Crippen molar-refractivity contribution in [3.8, 4) is 0 Å². The molecule has 26 heavy (non-hydrogen) atoms. The molecule has 1 fully saturated rings. The third kappa shape index (κ3) is 4.85. The number of carboxylic acids is 1.